The third-order valence-electron chi connectivity index (χ3n) is 1.50. The second-order valence-corrected chi connectivity index (χ2v) is 2.40. The Balaban J connectivity index is 3.24. The lowest BCUT2D eigenvalue weighted by atomic mass is 10.2. The Hall–Kier alpha value is -1.66. The van der Waals surface area contributed by atoms with Crippen molar-refractivity contribution >= 4 is 5.69 Å². The van der Waals surface area contributed by atoms with E-state index in [1.165, 1.54) is 0 Å². The second-order valence-electron chi connectivity index (χ2n) is 2.40. The van der Waals surface area contributed by atoms with Gasteiger partial charge in [0.1, 0.15) is 6.67 Å². The van der Waals surface area contributed by atoms with Gasteiger partial charge in [0.05, 0.1) is 10.6 Å². The van der Waals surface area contributed by atoms with Crippen molar-refractivity contribution in [3.05, 3.63) is 33.6 Å². The van der Waals surface area contributed by atoms with Crippen LogP contribution in [0.5, 0.6) is 0 Å². The lowest BCUT2D eigenvalue weighted by Gasteiger charge is -2.01. The van der Waals surface area contributed by atoms with Crippen LogP contribution in [0.25, 0.3) is 0 Å². The van der Waals surface area contributed by atoms with Crippen LogP contribution in [0.3, 0.4) is 0 Å². The Bertz CT molecular complexity index is 357. The van der Waals surface area contributed by atoms with E-state index in [-0.39, 0.29) is 5.69 Å². The van der Waals surface area contributed by atoms with E-state index in [1.54, 1.807) is 0 Å². The van der Waals surface area contributed by atoms with Crippen LogP contribution < -0.4 is 0 Å². The van der Waals surface area contributed by atoms with Crippen LogP contribution in [0, 0.1) is 10.1 Å². The van der Waals surface area contributed by atoms with Gasteiger partial charge in [-0.15, -0.1) is 0 Å². The Kier molecular flexibility index (Phi) is 3.00. The van der Waals surface area contributed by atoms with Crippen molar-refractivity contribution in [2.45, 2.75) is 13.1 Å². The first-order valence-corrected chi connectivity index (χ1v) is 3.54. The molecule has 1 aromatic rings. The number of hydrogen-bond donors (Lipinski definition) is 0. The molecular formula is C7H5F3N2O2. The number of nitro groups is 1. The molecule has 0 aliphatic carbocycles. The Labute approximate surface area is 76.5 Å². The molecule has 0 aliphatic heterocycles. The maximum Gasteiger partial charge on any atom is 0.296 e. The van der Waals surface area contributed by atoms with Crippen LogP contribution in [0.15, 0.2) is 12.1 Å². The van der Waals surface area contributed by atoms with Gasteiger partial charge in [-0.05, 0) is 6.07 Å². The molecule has 0 atom stereocenters. The number of aromatic nitrogens is 1. The SMILES string of the molecule is O=[N+]([O-])c1ccc(CF)nc1C(F)F. The average molecular weight is 206 g/mol. The second kappa shape index (κ2) is 4.03. The fourth-order valence-electron chi connectivity index (χ4n) is 0.899. The summed E-state index contributed by atoms with van der Waals surface area (Å²) in [7, 11) is 0. The fraction of sp³-hybridized carbons (Fsp3) is 0.286. The van der Waals surface area contributed by atoms with Crippen molar-refractivity contribution in [3.8, 4) is 0 Å². The van der Waals surface area contributed by atoms with Crippen molar-refractivity contribution in [2.24, 2.45) is 0 Å². The van der Waals surface area contributed by atoms with Crippen molar-refractivity contribution in [1.82, 2.24) is 4.98 Å². The highest BCUT2D eigenvalue weighted by Crippen LogP contribution is 2.26. The van der Waals surface area contributed by atoms with Gasteiger partial charge in [-0.3, -0.25) is 10.1 Å². The molecule has 0 aliphatic rings. The Morgan fingerprint density at radius 2 is 2.14 bits per heavy atom. The zero-order valence-corrected chi connectivity index (χ0v) is 6.78. The Morgan fingerprint density at radius 1 is 1.50 bits per heavy atom. The minimum Gasteiger partial charge on any atom is -0.258 e. The molecule has 0 unspecified atom stereocenters. The van der Waals surface area contributed by atoms with Crippen LogP contribution in [-0.4, -0.2) is 9.91 Å². The van der Waals surface area contributed by atoms with Gasteiger partial charge in [-0.2, -0.15) is 0 Å². The number of halogens is 3. The molecule has 0 spiro atoms. The molecular weight excluding hydrogens is 201 g/mol. The third kappa shape index (κ3) is 1.98. The Morgan fingerprint density at radius 3 is 2.57 bits per heavy atom. The zero-order valence-electron chi connectivity index (χ0n) is 6.78. The summed E-state index contributed by atoms with van der Waals surface area (Å²) in [6.45, 7) is -1.03. The molecule has 0 fully saturated rings. The maximum atomic E-state index is 12.2. The zero-order chi connectivity index (χ0) is 10.7. The van der Waals surface area contributed by atoms with E-state index in [0.29, 0.717) is 0 Å². The van der Waals surface area contributed by atoms with E-state index in [0.717, 1.165) is 12.1 Å². The number of nitrogens with zero attached hydrogens (tertiary/aromatic N) is 2. The number of alkyl halides is 3. The third-order valence-corrected chi connectivity index (χ3v) is 1.50. The molecule has 0 aromatic carbocycles. The molecule has 4 nitrogen and oxygen atoms in total. The smallest absolute Gasteiger partial charge is 0.258 e. The molecule has 0 saturated carbocycles. The number of hydrogen-bond acceptors (Lipinski definition) is 3. The summed E-state index contributed by atoms with van der Waals surface area (Å²) in [5.74, 6) is 0. The van der Waals surface area contributed by atoms with Crippen LogP contribution >= 0.6 is 0 Å². The number of pyridine rings is 1. The number of rotatable bonds is 3. The van der Waals surface area contributed by atoms with Crippen molar-refractivity contribution < 1.29 is 18.1 Å². The molecule has 7 heteroatoms. The summed E-state index contributed by atoms with van der Waals surface area (Å²) in [6.07, 6.45) is -3.08. The van der Waals surface area contributed by atoms with Crippen LogP contribution in [0.4, 0.5) is 18.9 Å². The molecule has 0 radical (unpaired) electrons. The molecule has 1 aromatic heterocycles. The first-order valence-electron chi connectivity index (χ1n) is 3.54. The van der Waals surface area contributed by atoms with Gasteiger partial charge in [0.25, 0.3) is 12.1 Å². The predicted octanol–water partition coefficient (Wildman–Crippen LogP) is 2.40. The van der Waals surface area contributed by atoms with Gasteiger partial charge in [-0.25, -0.2) is 18.2 Å². The molecule has 0 amide bonds. The van der Waals surface area contributed by atoms with Gasteiger partial charge in [0, 0.05) is 6.07 Å². The van der Waals surface area contributed by atoms with E-state index >= 15 is 0 Å². The van der Waals surface area contributed by atoms with Gasteiger partial charge in [0.15, 0.2) is 5.69 Å². The maximum absolute atomic E-state index is 12.2. The molecule has 0 bridgehead atoms. The first kappa shape index (κ1) is 10.4. The molecule has 0 N–H and O–H groups in total. The topological polar surface area (TPSA) is 56.0 Å². The molecule has 76 valence electrons. The fourth-order valence-corrected chi connectivity index (χ4v) is 0.899. The molecule has 0 saturated heterocycles. The normalized spacial score (nSPS) is 10.6. The first-order chi connectivity index (χ1) is 6.56. The monoisotopic (exact) mass is 206 g/mol. The van der Waals surface area contributed by atoms with Gasteiger partial charge in [-0.1, -0.05) is 0 Å². The minimum absolute atomic E-state index is 0.245. The molecule has 1 rings (SSSR count). The highest BCUT2D eigenvalue weighted by Gasteiger charge is 2.23. The van der Waals surface area contributed by atoms with E-state index in [2.05, 4.69) is 4.98 Å². The van der Waals surface area contributed by atoms with E-state index in [1.807, 2.05) is 0 Å². The predicted molar refractivity (Wildman–Crippen MR) is 40.7 cm³/mol. The van der Waals surface area contributed by atoms with Crippen LogP contribution in [-0.2, 0) is 6.67 Å². The van der Waals surface area contributed by atoms with E-state index in [4.69, 9.17) is 0 Å². The lowest BCUT2D eigenvalue weighted by Crippen LogP contribution is -2.01. The standard InChI is InChI=1S/C7H5F3N2O2/c8-3-4-1-2-5(12(13)14)6(11-4)7(9)10/h1-2,7H,3H2. The van der Waals surface area contributed by atoms with Crippen molar-refractivity contribution in [3.63, 3.8) is 0 Å². The highest BCUT2D eigenvalue weighted by molar-refractivity contribution is 5.36. The summed E-state index contributed by atoms with van der Waals surface area (Å²) >= 11 is 0. The average Bonchev–Trinajstić information content (AvgIpc) is 2.16. The van der Waals surface area contributed by atoms with Crippen LogP contribution in [0.1, 0.15) is 17.8 Å². The quantitative estimate of drug-likeness (QED) is 0.563. The molecule has 14 heavy (non-hydrogen) atoms. The van der Waals surface area contributed by atoms with E-state index < -0.39 is 29.4 Å². The summed E-state index contributed by atoms with van der Waals surface area (Å²) in [5.41, 5.74) is -2.03. The summed E-state index contributed by atoms with van der Waals surface area (Å²) in [6, 6.07) is 1.83. The van der Waals surface area contributed by atoms with Crippen molar-refractivity contribution in [2.75, 3.05) is 0 Å². The summed E-state index contributed by atoms with van der Waals surface area (Å²) < 4.78 is 36.5. The van der Waals surface area contributed by atoms with Crippen molar-refractivity contribution in [1.29, 1.82) is 0 Å². The summed E-state index contributed by atoms with van der Waals surface area (Å²) in [5, 5.41) is 10.3. The summed E-state index contributed by atoms with van der Waals surface area (Å²) in [4.78, 5) is 12.4. The van der Waals surface area contributed by atoms with E-state index in [9.17, 15) is 23.3 Å². The van der Waals surface area contributed by atoms with Gasteiger partial charge < -0.3 is 0 Å². The van der Waals surface area contributed by atoms with Gasteiger partial charge in [0.2, 0.25) is 0 Å². The highest BCUT2D eigenvalue weighted by atomic mass is 19.3. The molecule has 1 heterocycles. The van der Waals surface area contributed by atoms with Gasteiger partial charge >= 0.3 is 0 Å². The van der Waals surface area contributed by atoms with Crippen LogP contribution in [0.2, 0.25) is 0 Å². The largest absolute Gasteiger partial charge is 0.296 e. The lowest BCUT2D eigenvalue weighted by molar-refractivity contribution is -0.386. The minimum atomic E-state index is -3.08.